The number of alkyl carbamates (subject to hydrolysis) is 1. The third-order valence-corrected chi connectivity index (χ3v) is 4.08. The number of carbonyl (C=O) groups excluding carboxylic acids is 1. The predicted molar refractivity (Wildman–Crippen MR) is 98.0 cm³/mol. The van der Waals surface area contributed by atoms with Crippen LogP contribution in [-0.2, 0) is 11.3 Å². The molecule has 0 spiro atoms. The fourth-order valence-electron chi connectivity index (χ4n) is 2.52. The van der Waals surface area contributed by atoms with Crippen molar-refractivity contribution in [2.75, 3.05) is 6.54 Å². The van der Waals surface area contributed by atoms with Crippen molar-refractivity contribution in [1.82, 2.24) is 5.32 Å². The van der Waals surface area contributed by atoms with Crippen molar-refractivity contribution < 1.29 is 24.7 Å². The summed E-state index contributed by atoms with van der Waals surface area (Å²) in [5.74, 6) is 0. The highest BCUT2D eigenvalue weighted by atomic mass is 16.6. The first kappa shape index (κ1) is 20.3. The maximum Gasteiger partial charge on any atom is 0.407 e. The molecule has 3 N–H and O–H groups in total. The van der Waals surface area contributed by atoms with Crippen molar-refractivity contribution in [2.24, 2.45) is 0 Å². The number of nitrogens with one attached hydrogen (secondary N) is 1. The average Bonchev–Trinajstić information content (AvgIpc) is 2.66. The van der Waals surface area contributed by atoms with E-state index in [9.17, 15) is 25.1 Å². The number of amides is 1. The number of aliphatic hydroxyl groups is 2. The molecule has 2 unspecified atom stereocenters. The molecule has 2 aromatic rings. The zero-order valence-electron chi connectivity index (χ0n) is 14.9. The Morgan fingerprint density at radius 1 is 1.22 bits per heavy atom. The lowest BCUT2D eigenvalue weighted by molar-refractivity contribution is -0.385. The molecular formula is C19H22N2O6. The van der Waals surface area contributed by atoms with Crippen LogP contribution in [0, 0.1) is 17.0 Å². The highest BCUT2D eigenvalue weighted by molar-refractivity contribution is 5.67. The molecule has 0 fully saturated rings. The number of ether oxygens (including phenoxy) is 1. The molecule has 0 heterocycles. The average molecular weight is 374 g/mol. The summed E-state index contributed by atoms with van der Waals surface area (Å²) in [6.07, 6.45) is -3.07. The van der Waals surface area contributed by atoms with Gasteiger partial charge in [-0.3, -0.25) is 10.1 Å². The summed E-state index contributed by atoms with van der Waals surface area (Å²) >= 11 is 0. The molecule has 2 rings (SSSR count). The van der Waals surface area contributed by atoms with E-state index in [4.69, 9.17) is 4.74 Å². The number of nitro groups is 1. The van der Waals surface area contributed by atoms with Crippen LogP contribution in [0.15, 0.2) is 48.5 Å². The van der Waals surface area contributed by atoms with Crippen LogP contribution in [-0.4, -0.2) is 33.9 Å². The first-order valence-electron chi connectivity index (χ1n) is 8.44. The van der Waals surface area contributed by atoms with Crippen molar-refractivity contribution in [1.29, 1.82) is 0 Å². The van der Waals surface area contributed by atoms with Gasteiger partial charge in [-0.1, -0.05) is 36.4 Å². The normalized spacial score (nSPS) is 12.9. The lowest BCUT2D eigenvalue weighted by atomic mass is 9.97. The Morgan fingerprint density at radius 3 is 2.59 bits per heavy atom. The van der Waals surface area contributed by atoms with Gasteiger partial charge in [-0.05, 0) is 30.0 Å². The summed E-state index contributed by atoms with van der Waals surface area (Å²) in [6.45, 7) is 1.90. The molecule has 0 bridgehead atoms. The zero-order valence-corrected chi connectivity index (χ0v) is 14.9. The summed E-state index contributed by atoms with van der Waals surface area (Å²) < 4.78 is 5.05. The van der Waals surface area contributed by atoms with Gasteiger partial charge in [0.15, 0.2) is 0 Å². The minimum Gasteiger partial charge on any atom is -0.445 e. The molecule has 0 aliphatic carbocycles. The van der Waals surface area contributed by atoms with E-state index >= 15 is 0 Å². The van der Waals surface area contributed by atoms with Gasteiger partial charge in [-0.2, -0.15) is 0 Å². The van der Waals surface area contributed by atoms with Crippen LogP contribution in [0.1, 0.15) is 29.2 Å². The fraction of sp³-hybridized carbons (Fsp3) is 0.316. The first-order chi connectivity index (χ1) is 12.9. The number of benzene rings is 2. The Balaban J connectivity index is 1.81. The van der Waals surface area contributed by atoms with Gasteiger partial charge in [0.1, 0.15) is 12.7 Å². The number of aliphatic hydroxyl groups excluding tert-OH is 2. The van der Waals surface area contributed by atoms with Crippen LogP contribution in [0.5, 0.6) is 0 Å². The van der Waals surface area contributed by atoms with E-state index in [2.05, 4.69) is 5.32 Å². The number of aryl methyl sites for hydroxylation is 1. The van der Waals surface area contributed by atoms with Gasteiger partial charge in [0.05, 0.1) is 11.0 Å². The maximum absolute atomic E-state index is 11.7. The molecule has 0 saturated carbocycles. The molecule has 0 aromatic heterocycles. The molecule has 8 nitrogen and oxygen atoms in total. The summed E-state index contributed by atoms with van der Waals surface area (Å²) in [6, 6.07) is 13.3. The minimum atomic E-state index is -1.30. The second kappa shape index (κ2) is 9.65. The highest BCUT2D eigenvalue weighted by Crippen LogP contribution is 2.26. The van der Waals surface area contributed by atoms with Crippen LogP contribution in [0.2, 0.25) is 0 Å². The maximum atomic E-state index is 11.7. The van der Waals surface area contributed by atoms with Crippen molar-refractivity contribution in [3.8, 4) is 0 Å². The van der Waals surface area contributed by atoms with Crippen molar-refractivity contribution in [3.63, 3.8) is 0 Å². The molecule has 1 amide bonds. The van der Waals surface area contributed by atoms with Gasteiger partial charge in [0.2, 0.25) is 0 Å². The number of nitrogens with zero attached hydrogens (tertiary/aromatic N) is 1. The SMILES string of the molecule is Cc1ccc([N+](=O)[O-])cc1C(O)C(O)CCNC(=O)OCc1ccccc1. The Hall–Kier alpha value is -2.97. The molecule has 0 saturated heterocycles. The van der Waals surface area contributed by atoms with Crippen LogP contribution >= 0.6 is 0 Å². The predicted octanol–water partition coefficient (Wildman–Crippen LogP) is 2.61. The molecular weight excluding hydrogens is 352 g/mol. The van der Waals surface area contributed by atoms with Crippen LogP contribution < -0.4 is 5.32 Å². The topological polar surface area (TPSA) is 122 Å². The van der Waals surface area contributed by atoms with Crippen LogP contribution in [0.4, 0.5) is 10.5 Å². The molecule has 2 aromatic carbocycles. The Morgan fingerprint density at radius 2 is 1.93 bits per heavy atom. The lowest BCUT2D eigenvalue weighted by Crippen LogP contribution is -2.30. The molecule has 0 radical (unpaired) electrons. The largest absolute Gasteiger partial charge is 0.445 e. The first-order valence-corrected chi connectivity index (χ1v) is 8.44. The van der Waals surface area contributed by atoms with E-state index in [0.717, 1.165) is 5.56 Å². The van der Waals surface area contributed by atoms with E-state index in [0.29, 0.717) is 5.56 Å². The van der Waals surface area contributed by atoms with E-state index in [1.165, 1.54) is 18.2 Å². The monoisotopic (exact) mass is 374 g/mol. The molecule has 8 heteroatoms. The molecule has 144 valence electrons. The number of non-ortho nitro benzene ring substituents is 1. The number of carbonyl (C=O) groups is 1. The Labute approximate surface area is 156 Å². The van der Waals surface area contributed by atoms with Gasteiger partial charge in [0, 0.05) is 18.7 Å². The summed E-state index contributed by atoms with van der Waals surface area (Å²) in [4.78, 5) is 22.0. The second-order valence-electron chi connectivity index (χ2n) is 6.09. The summed E-state index contributed by atoms with van der Waals surface area (Å²) in [5, 5.41) is 33.8. The van der Waals surface area contributed by atoms with E-state index in [-0.39, 0.29) is 30.8 Å². The number of hydrogen-bond acceptors (Lipinski definition) is 6. The summed E-state index contributed by atoms with van der Waals surface area (Å²) in [7, 11) is 0. The van der Waals surface area contributed by atoms with Gasteiger partial charge < -0.3 is 20.3 Å². The zero-order chi connectivity index (χ0) is 19.8. The Bertz CT molecular complexity index is 781. The third-order valence-electron chi connectivity index (χ3n) is 4.08. The fourth-order valence-corrected chi connectivity index (χ4v) is 2.52. The number of hydrogen-bond donors (Lipinski definition) is 3. The molecule has 0 aliphatic rings. The van der Waals surface area contributed by atoms with E-state index in [1.807, 2.05) is 30.3 Å². The molecule has 27 heavy (non-hydrogen) atoms. The molecule has 2 atom stereocenters. The number of nitro benzene ring substituents is 1. The smallest absolute Gasteiger partial charge is 0.407 e. The van der Waals surface area contributed by atoms with Crippen LogP contribution in [0.3, 0.4) is 0 Å². The van der Waals surface area contributed by atoms with E-state index in [1.54, 1.807) is 6.92 Å². The van der Waals surface area contributed by atoms with Crippen molar-refractivity contribution >= 4 is 11.8 Å². The Kier molecular flexibility index (Phi) is 7.27. The van der Waals surface area contributed by atoms with Gasteiger partial charge in [-0.15, -0.1) is 0 Å². The third kappa shape index (κ3) is 6.05. The van der Waals surface area contributed by atoms with Gasteiger partial charge >= 0.3 is 6.09 Å². The standard InChI is InChI=1S/C19H22N2O6/c1-13-7-8-15(21(25)26)11-16(13)18(23)17(22)9-10-20-19(24)27-12-14-5-3-2-4-6-14/h2-8,11,17-18,22-23H,9-10,12H2,1H3,(H,20,24). The number of rotatable bonds is 8. The lowest BCUT2D eigenvalue weighted by Gasteiger charge is -2.20. The van der Waals surface area contributed by atoms with Gasteiger partial charge in [0.25, 0.3) is 5.69 Å². The summed E-state index contributed by atoms with van der Waals surface area (Å²) in [5.41, 5.74) is 1.60. The minimum absolute atomic E-state index is 0.0593. The van der Waals surface area contributed by atoms with Crippen molar-refractivity contribution in [3.05, 3.63) is 75.3 Å². The van der Waals surface area contributed by atoms with E-state index < -0.39 is 23.2 Å². The molecule has 0 aliphatic heterocycles. The van der Waals surface area contributed by atoms with Gasteiger partial charge in [-0.25, -0.2) is 4.79 Å². The second-order valence-corrected chi connectivity index (χ2v) is 6.09. The highest BCUT2D eigenvalue weighted by Gasteiger charge is 2.22. The van der Waals surface area contributed by atoms with Crippen molar-refractivity contribution in [2.45, 2.75) is 32.2 Å². The quantitative estimate of drug-likeness (QED) is 0.482. The van der Waals surface area contributed by atoms with Crippen LogP contribution in [0.25, 0.3) is 0 Å².